The van der Waals surface area contributed by atoms with Gasteiger partial charge in [0, 0.05) is 38.3 Å². The minimum absolute atomic E-state index is 0.232. The van der Waals surface area contributed by atoms with Crippen LogP contribution in [0.1, 0.15) is 45.6 Å². The van der Waals surface area contributed by atoms with E-state index in [1.54, 1.807) is 9.80 Å². The summed E-state index contributed by atoms with van der Waals surface area (Å²) in [5, 5.41) is 3.66. The van der Waals surface area contributed by atoms with Gasteiger partial charge in [0.15, 0.2) is 0 Å². The average molecular weight is 404 g/mol. The predicted octanol–water partition coefficient (Wildman–Crippen LogP) is 3.39. The number of likely N-dealkylation sites (tertiary alicyclic amines) is 2. The minimum Gasteiger partial charge on any atom is -0.445 e. The third-order valence-electron chi connectivity index (χ3n) is 5.27. The van der Waals surface area contributed by atoms with Gasteiger partial charge < -0.3 is 24.6 Å². The Labute approximate surface area is 173 Å². The van der Waals surface area contributed by atoms with E-state index in [1.807, 2.05) is 51.1 Å². The van der Waals surface area contributed by atoms with Gasteiger partial charge in [0.25, 0.3) is 0 Å². The molecule has 0 spiro atoms. The van der Waals surface area contributed by atoms with E-state index in [9.17, 15) is 9.59 Å². The second-order valence-corrected chi connectivity index (χ2v) is 8.88. The van der Waals surface area contributed by atoms with Crippen molar-refractivity contribution in [3.05, 3.63) is 35.9 Å². The van der Waals surface area contributed by atoms with Gasteiger partial charge in [-0.1, -0.05) is 30.3 Å². The molecule has 0 bridgehead atoms. The maximum atomic E-state index is 12.3. The van der Waals surface area contributed by atoms with Crippen molar-refractivity contribution >= 4 is 12.2 Å². The summed E-state index contributed by atoms with van der Waals surface area (Å²) in [4.78, 5) is 28.0. The number of carbonyl (C=O) groups excluding carboxylic acids is 2. The molecular formula is C22H33N3O4. The van der Waals surface area contributed by atoms with Crippen molar-refractivity contribution in [2.75, 3.05) is 26.2 Å². The lowest BCUT2D eigenvalue weighted by Crippen LogP contribution is -2.49. The number of nitrogens with one attached hydrogen (secondary N) is 1. The first-order chi connectivity index (χ1) is 13.8. The Bertz CT molecular complexity index is 681. The molecule has 2 heterocycles. The van der Waals surface area contributed by atoms with Crippen molar-refractivity contribution in [3.8, 4) is 0 Å². The van der Waals surface area contributed by atoms with Crippen molar-refractivity contribution in [1.29, 1.82) is 0 Å². The summed E-state index contributed by atoms with van der Waals surface area (Å²) >= 11 is 0. The fourth-order valence-corrected chi connectivity index (χ4v) is 3.76. The first kappa shape index (κ1) is 21.4. The van der Waals surface area contributed by atoms with Crippen LogP contribution in [0.15, 0.2) is 30.3 Å². The molecule has 29 heavy (non-hydrogen) atoms. The quantitative estimate of drug-likeness (QED) is 0.834. The molecular weight excluding hydrogens is 370 g/mol. The molecule has 7 nitrogen and oxygen atoms in total. The summed E-state index contributed by atoms with van der Waals surface area (Å²) in [7, 11) is 0. The number of ether oxygens (including phenoxy) is 2. The van der Waals surface area contributed by atoms with E-state index in [1.165, 1.54) is 0 Å². The van der Waals surface area contributed by atoms with Crippen LogP contribution in [-0.2, 0) is 16.1 Å². The lowest BCUT2D eigenvalue weighted by atomic mass is 10.0. The first-order valence-corrected chi connectivity index (χ1v) is 10.5. The van der Waals surface area contributed by atoms with E-state index in [2.05, 4.69) is 5.32 Å². The summed E-state index contributed by atoms with van der Waals surface area (Å²) < 4.78 is 10.9. The lowest BCUT2D eigenvalue weighted by molar-refractivity contribution is 0.0195. The van der Waals surface area contributed by atoms with Gasteiger partial charge in [-0.25, -0.2) is 9.59 Å². The molecule has 160 valence electrons. The molecule has 0 saturated carbocycles. The van der Waals surface area contributed by atoms with Crippen LogP contribution in [0.3, 0.4) is 0 Å². The van der Waals surface area contributed by atoms with Gasteiger partial charge in [-0.3, -0.25) is 0 Å². The maximum Gasteiger partial charge on any atom is 0.410 e. The number of piperidine rings is 1. The maximum absolute atomic E-state index is 12.3. The van der Waals surface area contributed by atoms with Gasteiger partial charge in [-0.2, -0.15) is 0 Å². The lowest BCUT2D eigenvalue weighted by Gasteiger charge is -2.34. The van der Waals surface area contributed by atoms with Crippen LogP contribution in [0.4, 0.5) is 9.59 Å². The van der Waals surface area contributed by atoms with Crippen LogP contribution in [-0.4, -0.2) is 65.9 Å². The van der Waals surface area contributed by atoms with Crippen molar-refractivity contribution in [1.82, 2.24) is 15.1 Å². The van der Waals surface area contributed by atoms with Crippen LogP contribution < -0.4 is 5.32 Å². The number of nitrogens with zero attached hydrogens (tertiary/aromatic N) is 2. The Hall–Kier alpha value is -2.28. The Morgan fingerprint density at radius 2 is 1.59 bits per heavy atom. The highest BCUT2D eigenvalue weighted by molar-refractivity contribution is 5.68. The molecule has 0 aliphatic carbocycles. The van der Waals surface area contributed by atoms with Gasteiger partial charge in [0.1, 0.15) is 12.2 Å². The first-order valence-electron chi connectivity index (χ1n) is 10.5. The fraction of sp³-hybridized carbons (Fsp3) is 0.636. The van der Waals surface area contributed by atoms with Gasteiger partial charge in [-0.15, -0.1) is 0 Å². The highest BCUT2D eigenvalue weighted by Crippen LogP contribution is 2.18. The number of rotatable bonds is 4. The molecule has 2 aliphatic heterocycles. The number of hydrogen-bond acceptors (Lipinski definition) is 5. The largest absolute Gasteiger partial charge is 0.445 e. The third kappa shape index (κ3) is 6.63. The third-order valence-corrected chi connectivity index (χ3v) is 5.27. The molecule has 1 N–H and O–H groups in total. The van der Waals surface area contributed by atoms with Gasteiger partial charge in [0.2, 0.25) is 0 Å². The molecule has 0 unspecified atom stereocenters. The summed E-state index contributed by atoms with van der Waals surface area (Å²) in [6.45, 7) is 8.73. The van der Waals surface area contributed by atoms with Gasteiger partial charge in [0.05, 0.1) is 0 Å². The van der Waals surface area contributed by atoms with E-state index in [4.69, 9.17) is 9.47 Å². The van der Waals surface area contributed by atoms with E-state index >= 15 is 0 Å². The number of carbonyl (C=O) groups is 2. The van der Waals surface area contributed by atoms with Crippen molar-refractivity contribution in [3.63, 3.8) is 0 Å². The van der Waals surface area contributed by atoms with Gasteiger partial charge >= 0.3 is 12.2 Å². The van der Waals surface area contributed by atoms with E-state index in [0.29, 0.717) is 38.8 Å². The molecule has 0 aromatic heterocycles. The highest BCUT2D eigenvalue weighted by Gasteiger charge is 2.31. The monoisotopic (exact) mass is 403 g/mol. The zero-order valence-corrected chi connectivity index (χ0v) is 17.7. The van der Waals surface area contributed by atoms with Crippen molar-refractivity contribution in [2.45, 2.75) is 64.3 Å². The SMILES string of the molecule is CC(C)(C)OC(=O)N1CCC(N[C@H]2CCN(C(=O)OCc3ccccc3)C2)CC1. The summed E-state index contributed by atoms with van der Waals surface area (Å²) in [5.74, 6) is 0. The molecule has 1 atom stereocenters. The molecule has 1 aromatic rings. The van der Waals surface area contributed by atoms with Crippen LogP contribution in [0.2, 0.25) is 0 Å². The van der Waals surface area contributed by atoms with Crippen LogP contribution in [0.25, 0.3) is 0 Å². The number of amides is 2. The second-order valence-electron chi connectivity index (χ2n) is 8.88. The molecule has 3 rings (SSSR count). The van der Waals surface area contributed by atoms with E-state index < -0.39 is 5.60 Å². The van der Waals surface area contributed by atoms with Crippen molar-refractivity contribution in [2.24, 2.45) is 0 Å². The minimum atomic E-state index is -0.464. The summed E-state index contributed by atoms with van der Waals surface area (Å²) in [6.07, 6.45) is 2.23. The zero-order chi connectivity index (χ0) is 20.9. The van der Waals surface area contributed by atoms with Crippen LogP contribution in [0.5, 0.6) is 0 Å². The van der Waals surface area contributed by atoms with E-state index in [0.717, 1.165) is 24.8 Å². The molecule has 2 fully saturated rings. The Kier molecular flexibility index (Phi) is 7.00. The van der Waals surface area contributed by atoms with Crippen molar-refractivity contribution < 1.29 is 19.1 Å². The summed E-state index contributed by atoms with van der Waals surface area (Å²) in [5.41, 5.74) is 0.528. The molecule has 2 saturated heterocycles. The predicted molar refractivity (Wildman–Crippen MR) is 111 cm³/mol. The highest BCUT2D eigenvalue weighted by atomic mass is 16.6. The van der Waals surface area contributed by atoms with E-state index in [-0.39, 0.29) is 18.2 Å². The Morgan fingerprint density at radius 1 is 0.966 bits per heavy atom. The average Bonchev–Trinajstić information content (AvgIpc) is 3.15. The summed E-state index contributed by atoms with van der Waals surface area (Å²) in [6, 6.07) is 10.4. The molecule has 2 aliphatic rings. The second kappa shape index (κ2) is 9.48. The Morgan fingerprint density at radius 3 is 2.24 bits per heavy atom. The Balaban J connectivity index is 1.36. The smallest absolute Gasteiger partial charge is 0.410 e. The fourth-order valence-electron chi connectivity index (χ4n) is 3.76. The molecule has 2 amide bonds. The molecule has 0 radical (unpaired) electrons. The number of benzene rings is 1. The van der Waals surface area contributed by atoms with Gasteiger partial charge in [-0.05, 0) is 45.6 Å². The zero-order valence-electron chi connectivity index (χ0n) is 17.7. The standard InChI is InChI=1S/C22H33N3O4/c1-22(2,3)29-21(27)24-12-9-18(10-13-24)23-19-11-14-25(15-19)20(26)28-16-17-7-5-4-6-8-17/h4-8,18-19,23H,9-16H2,1-3H3/t19-/m0/s1. The van der Waals surface area contributed by atoms with Crippen LogP contribution >= 0.6 is 0 Å². The topological polar surface area (TPSA) is 71.1 Å². The van der Waals surface area contributed by atoms with Crippen LogP contribution in [0, 0.1) is 0 Å². The normalized spacial score (nSPS) is 20.6. The number of hydrogen-bond donors (Lipinski definition) is 1. The molecule has 7 heteroatoms. The molecule has 1 aromatic carbocycles.